The van der Waals surface area contributed by atoms with Gasteiger partial charge in [0.15, 0.2) is 0 Å². The molecule has 3 N–H and O–H groups in total. The van der Waals surface area contributed by atoms with Crippen LogP contribution in [-0.2, 0) is 4.79 Å². The van der Waals surface area contributed by atoms with Gasteiger partial charge in [-0.25, -0.2) is 5.43 Å². The van der Waals surface area contributed by atoms with Crippen LogP contribution in [0.3, 0.4) is 0 Å². The van der Waals surface area contributed by atoms with Gasteiger partial charge in [0.05, 0.1) is 18.3 Å². The Kier molecular flexibility index (Phi) is 6.02. The van der Waals surface area contributed by atoms with E-state index in [0.29, 0.717) is 11.1 Å². The Morgan fingerprint density at radius 1 is 1.04 bits per heavy atom. The largest absolute Gasteiger partial charge is 0.507 e. The van der Waals surface area contributed by atoms with E-state index in [1.165, 1.54) is 6.21 Å². The second kappa shape index (κ2) is 8.63. The minimum absolute atomic E-state index is 0.0682. The third-order valence-electron chi connectivity index (χ3n) is 3.86. The Hall–Kier alpha value is -2.94. The molecule has 0 saturated heterocycles. The first kappa shape index (κ1) is 18.8. The highest BCUT2D eigenvalue weighted by molar-refractivity contribution is 14.1. The summed E-state index contributed by atoms with van der Waals surface area (Å²) < 4.78 is 0.803. The molecule has 0 saturated carbocycles. The summed E-state index contributed by atoms with van der Waals surface area (Å²) in [4.78, 5) is 24.0. The average molecular weight is 473 g/mol. The number of carbonyl (C=O) groups excluding carboxylic acids is 2. The summed E-state index contributed by atoms with van der Waals surface area (Å²) in [6.45, 7) is -0.206. The third kappa shape index (κ3) is 4.62. The molecule has 0 aliphatic rings. The molecule has 0 atom stereocenters. The molecule has 27 heavy (non-hydrogen) atoms. The number of hydrazone groups is 1. The molecule has 0 aliphatic heterocycles. The lowest BCUT2D eigenvalue weighted by molar-refractivity contribution is -0.120. The zero-order valence-electron chi connectivity index (χ0n) is 14.1. The van der Waals surface area contributed by atoms with Crippen LogP contribution in [0.1, 0.15) is 15.9 Å². The molecule has 2 amide bonds. The van der Waals surface area contributed by atoms with Crippen LogP contribution in [0.5, 0.6) is 5.75 Å². The van der Waals surface area contributed by atoms with Gasteiger partial charge < -0.3 is 10.4 Å². The number of hydrogen-bond acceptors (Lipinski definition) is 4. The van der Waals surface area contributed by atoms with E-state index in [4.69, 9.17) is 0 Å². The summed E-state index contributed by atoms with van der Waals surface area (Å²) in [6.07, 6.45) is 1.39. The monoisotopic (exact) mass is 473 g/mol. The number of phenols is 1. The van der Waals surface area contributed by atoms with Crippen molar-refractivity contribution in [3.8, 4) is 5.75 Å². The quantitative estimate of drug-likeness (QED) is 0.302. The number of amides is 2. The number of fused-ring (bicyclic) bond motifs is 1. The molecule has 7 heteroatoms. The Labute approximate surface area is 169 Å². The van der Waals surface area contributed by atoms with Crippen LogP contribution < -0.4 is 10.7 Å². The van der Waals surface area contributed by atoms with Crippen LogP contribution in [0, 0.1) is 3.57 Å². The molecule has 0 bridgehead atoms. The lowest BCUT2D eigenvalue weighted by Gasteiger charge is -2.06. The van der Waals surface area contributed by atoms with Gasteiger partial charge in [0, 0.05) is 9.13 Å². The number of nitrogens with zero attached hydrogens (tertiary/aromatic N) is 1. The second-order valence-electron chi connectivity index (χ2n) is 5.68. The van der Waals surface area contributed by atoms with E-state index in [0.717, 1.165) is 14.3 Å². The molecule has 3 aromatic rings. The maximum Gasteiger partial charge on any atom is 0.259 e. The van der Waals surface area contributed by atoms with Gasteiger partial charge in [0.2, 0.25) is 0 Å². The average Bonchev–Trinajstić information content (AvgIpc) is 2.68. The van der Waals surface area contributed by atoms with Gasteiger partial charge in [0.1, 0.15) is 5.75 Å². The topological polar surface area (TPSA) is 90.8 Å². The van der Waals surface area contributed by atoms with Crippen LogP contribution in [0.4, 0.5) is 0 Å². The lowest BCUT2D eigenvalue weighted by Crippen LogP contribution is -2.35. The van der Waals surface area contributed by atoms with Crippen molar-refractivity contribution < 1.29 is 14.7 Å². The number of halogens is 1. The smallest absolute Gasteiger partial charge is 0.259 e. The Morgan fingerprint density at radius 3 is 2.59 bits per heavy atom. The minimum atomic E-state index is -0.467. The zero-order chi connectivity index (χ0) is 19.2. The first-order valence-electron chi connectivity index (χ1n) is 8.11. The normalized spacial score (nSPS) is 10.9. The van der Waals surface area contributed by atoms with Crippen LogP contribution >= 0.6 is 22.6 Å². The Balaban J connectivity index is 1.61. The minimum Gasteiger partial charge on any atom is -0.507 e. The van der Waals surface area contributed by atoms with E-state index in [2.05, 4.69) is 38.4 Å². The molecule has 136 valence electrons. The van der Waals surface area contributed by atoms with Crippen molar-refractivity contribution in [2.24, 2.45) is 5.10 Å². The maximum absolute atomic E-state index is 12.1. The van der Waals surface area contributed by atoms with E-state index in [9.17, 15) is 14.7 Å². The maximum atomic E-state index is 12.1. The predicted octanol–water partition coefficient (Wildman–Crippen LogP) is 3.03. The molecule has 3 aromatic carbocycles. The van der Waals surface area contributed by atoms with E-state index >= 15 is 0 Å². The number of aromatic hydroxyl groups is 1. The standard InChI is InChI=1S/C20H16IN3O3/c21-17-8-4-3-7-15(17)20(27)22-12-19(26)24-23-11-16-14-6-2-1-5-13(14)9-10-18(16)25/h1-11,25H,12H2,(H,22,27)(H,24,26). The van der Waals surface area contributed by atoms with Gasteiger partial charge >= 0.3 is 0 Å². The van der Waals surface area contributed by atoms with Gasteiger partial charge in [-0.2, -0.15) is 5.10 Å². The van der Waals surface area contributed by atoms with Crippen molar-refractivity contribution in [3.05, 3.63) is 75.4 Å². The molecule has 3 rings (SSSR count). The van der Waals surface area contributed by atoms with Crippen LogP contribution in [0.25, 0.3) is 10.8 Å². The van der Waals surface area contributed by atoms with E-state index in [-0.39, 0.29) is 18.2 Å². The molecule has 0 radical (unpaired) electrons. The number of rotatable bonds is 5. The highest BCUT2D eigenvalue weighted by Gasteiger charge is 2.10. The summed E-state index contributed by atoms with van der Waals surface area (Å²) >= 11 is 2.06. The van der Waals surface area contributed by atoms with Gasteiger partial charge in [0.25, 0.3) is 11.8 Å². The fraction of sp³-hybridized carbons (Fsp3) is 0.0500. The number of benzene rings is 3. The summed E-state index contributed by atoms with van der Waals surface area (Å²) in [6, 6.07) is 18.0. The molecular weight excluding hydrogens is 457 g/mol. The van der Waals surface area contributed by atoms with Crippen LogP contribution in [-0.4, -0.2) is 29.7 Å². The van der Waals surface area contributed by atoms with Crippen molar-refractivity contribution in [1.82, 2.24) is 10.7 Å². The molecule has 0 aliphatic carbocycles. The second-order valence-corrected chi connectivity index (χ2v) is 6.84. The van der Waals surface area contributed by atoms with E-state index in [1.807, 2.05) is 36.4 Å². The van der Waals surface area contributed by atoms with Gasteiger partial charge in [-0.1, -0.05) is 42.5 Å². The van der Waals surface area contributed by atoms with E-state index < -0.39 is 5.91 Å². The number of nitrogens with one attached hydrogen (secondary N) is 2. The summed E-state index contributed by atoms with van der Waals surface area (Å²) in [5, 5.41) is 18.2. The zero-order valence-corrected chi connectivity index (χ0v) is 16.3. The third-order valence-corrected chi connectivity index (χ3v) is 4.80. The summed E-state index contributed by atoms with van der Waals surface area (Å²) in [5.74, 6) is -0.727. The van der Waals surface area contributed by atoms with Crippen LogP contribution in [0.2, 0.25) is 0 Å². The van der Waals surface area contributed by atoms with Gasteiger partial charge in [-0.3, -0.25) is 9.59 Å². The Bertz CT molecular complexity index is 1030. The highest BCUT2D eigenvalue weighted by Crippen LogP contribution is 2.25. The fourth-order valence-electron chi connectivity index (χ4n) is 2.53. The molecular formula is C20H16IN3O3. The van der Waals surface area contributed by atoms with Gasteiger partial charge in [-0.15, -0.1) is 0 Å². The van der Waals surface area contributed by atoms with Crippen molar-refractivity contribution >= 4 is 51.4 Å². The van der Waals surface area contributed by atoms with Crippen molar-refractivity contribution in [1.29, 1.82) is 0 Å². The number of phenolic OH excluding ortho intramolecular Hbond substituents is 1. The lowest BCUT2D eigenvalue weighted by atomic mass is 10.0. The summed E-state index contributed by atoms with van der Waals surface area (Å²) in [7, 11) is 0. The van der Waals surface area contributed by atoms with Crippen molar-refractivity contribution in [3.63, 3.8) is 0 Å². The molecule has 0 heterocycles. The van der Waals surface area contributed by atoms with Crippen molar-refractivity contribution in [2.45, 2.75) is 0 Å². The Morgan fingerprint density at radius 2 is 1.78 bits per heavy atom. The highest BCUT2D eigenvalue weighted by atomic mass is 127. The molecule has 0 unspecified atom stereocenters. The SMILES string of the molecule is O=C(CNC(=O)c1ccccc1I)NN=Cc1c(O)ccc2ccccc12. The predicted molar refractivity (Wildman–Crippen MR) is 113 cm³/mol. The summed E-state index contributed by atoms with van der Waals surface area (Å²) in [5.41, 5.74) is 3.37. The molecule has 0 spiro atoms. The van der Waals surface area contributed by atoms with Crippen molar-refractivity contribution in [2.75, 3.05) is 6.54 Å². The number of hydrogen-bond donors (Lipinski definition) is 3. The molecule has 0 fully saturated rings. The molecule has 0 aromatic heterocycles. The van der Waals surface area contributed by atoms with E-state index in [1.54, 1.807) is 24.3 Å². The van der Waals surface area contributed by atoms with Crippen LogP contribution in [0.15, 0.2) is 65.8 Å². The fourth-order valence-corrected chi connectivity index (χ4v) is 3.16. The first-order chi connectivity index (χ1) is 13.1. The number of carbonyl (C=O) groups is 2. The first-order valence-corrected chi connectivity index (χ1v) is 9.19. The van der Waals surface area contributed by atoms with Gasteiger partial charge in [-0.05, 0) is 51.6 Å². The molecule has 6 nitrogen and oxygen atoms in total.